The van der Waals surface area contributed by atoms with Crippen LogP contribution in [0.1, 0.15) is 49.4 Å². The van der Waals surface area contributed by atoms with Crippen LogP contribution in [0.3, 0.4) is 0 Å². The van der Waals surface area contributed by atoms with E-state index in [1.165, 1.54) is 12.8 Å². The zero-order valence-corrected chi connectivity index (χ0v) is 13.2. The number of nitrogens with two attached hydrogens (primary N) is 1. The van der Waals surface area contributed by atoms with Gasteiger partial charge in [0.05, 0.1) is 15.6 Å². The zero-order valence-electron chi connectivity index (χ0n) is 11.7. The Balaban J connectivity index is 2.33. The van der Waals surface area contributed by atoms with Gasteiger partial charge in [-0.3, -0.25) is 4.79 Å². The van der Waals surface area contributed by atoms with Crippen LogP contribution in [0, 0.1) is 0 Å². The number of benzene rings is 1. The van der Waals surface area contributed by atoms with Gasteiger partial charge in [0, 0.05) is 18.3 Å². The van der Waals surface area contributed by atoms with E-state index in [0.717, 1.165) is 25.8 Å². The van der Waals surface area contributed by atoms with Gasteiger partial charge in [-0.05, 0) is 31.4 Å². The van der Waals surface area contributed by atoms with Crippen LogP contribution in [0.15, 0.2) is 12.1 Å². The van der Waals surface area contributed by atoms with Crippen molar-refractivity contribution in [2.24, 2.45) is 0 Å². The van der Waals surface area contributed by atoms with E-state index in [4.69, 9.17) is 28.9 Å². The minimum Gasteiger partial charge on any atom is -0.399 e. The molecule has 1 heterocycles. The molecule has 2 rings (SSSR count). The molecule has 1 unspecified atom stereocenters. The molecule has 1 aromatic carbocycles. The Labute approximate surface area is 130 Å². The smallest absolute Gasteiger partial charge is 0.255 e. The maximum Gasteiger partial charge on any atom is 0.255 e. The second-order valence-corrected chi connectivity index (χ2v) is 6.06. The SMILES string of the molecule is CCC1CCCCCN1C(=O)c1cc(N)cc(Cl)c1Cl. The molecule has 110 valence electrons. The number of carbonyl (C=O) groups is 1. The number of carbonyl (C=O) groups excluding carboxylic acids is 1. The van der Waals surface area contributed by atoms with E-state index in [0.29, 0.717) is 21.3 Å². The molecule has 1 fully saturated rings. The molecule has 1 aliphatic rings. The number of halogens is 2. The standard InChI is InChI=1S/C15H20Cl2N2O/c1-2-11-6-4-3-5-7-19(11)15(20)12-8-10(18)9-13(16)14(12)17/h8-9,11H,2-7,18H2,1H3. The van der Waals surface area contributed by atoms with E-state index in [1.807, 2.05) is 4.90 Å². The van der Waals surface area contributed by atoms with Crippen molar-refractivity contribution in [2.75, 3.05) is 12.3 Å². The summed E-state index contributed by atoms with van der Waals surface area (Å²) in [6.07, 6.45) is 5.39. The van der Waals surface area contributed by atoms with Crippen molar-refractivity contribution >= 4 is 34.8 Å². The molecule has 1 aliphatic heterocycles. The lowest BCUT2D eigenvalue weighted by molar-refractivity contribution is 0.0678. The highest BCUT2D eigenvalue weighted by Crippen LogP contribution is 2.31. The van der Waals surface area contributed by atoms with E-state index in [-0.39, 0.29) is 11.9 Å². The molecule has 1 aromatic rings. The van der Waals surface area contributed by atoms with Crippen molar-refractivity contribution in [3.8, 4) is 0 Å². The van der Waals surface area contributed by atoms with Crippen LogP contribution >= 0.6 is 23.2 Å². The molecule has 0 radical (unpaired) electrons. The fourth-order valence-electron chi connectivity index (χ4n) is 2.79. The Morgan fingerprint density at radius 1 is 1.35 bits per heavy atom. The maximum absolute atomic E-state index is 12.8. The zero-order chi connectivity index (χ0) is 14.7. The average Bonchev–Trinajstić information content (AvgIpc) is 2.67. The van der Waals surface area contributed by atoms with Crippen LogP contribution in [0.5, 0.6) is 0 Å². The second-order valence-electron chi connectivity index (χ2n) is 5.27. The van der Waals surface area contributed by atoms with Crippen LogP contribution in [-0.4, -0.2) is 23.4 Å². The van der Waals surface area contributed by atoms with Crippen molar-refractivity contribution < 1.29 is 4.79 Å². The predicted molar refractivity (Wildman–Crippen MR) is 84.5 cm³/mol. The van der Waals surface area contributed by atoms with Gasteiger partial charge in [-0.15, -0.1) is 0 Å². The second kappa shape index (κ2) is 6.68. The topological polar surface area (TPSA) is 46.3 Å². The quantitative estimate of drug-likeness (QED) is 0.824. The summed E-state index contributed by atoms with van der Waals surface area (Å²) >= 11 is 12.2. The molecule has 0 saturated carbocycles. The van der Waals surface area contributed by atoms with E-state index in [1.54, 1.807) is 12.1 Å². The molecule has 1 amide bonds. The van der Waals surface area contributed by atoms with Gasteiger partial charge < -0.3 is 10.6 Å². The van der Waals surface area contributed by atoms with Crippen molar-refractivity contribution in [1.29, 1.82) is 0 Å². The number of amides is 1. The van der Waals surface area contributed by atoms with Crippen molar-refractivity contribution in [3.05, 3.63) is 27.7 Å². The molecular weight excluding hydrogens is 295 g/mol. The van der Waals surface area contributed by atoms with Crippen LogP contribution < -0.4 is 5.73 Å². The number of nitrogens with zero attached hydrogens (tertiary/aromatic N) is 1. The Morgan fingerprint density at radius 3 is 2.80 bits per heavy atom. The van der Waals surface area contributed by atoms with E-state index in [2.05, 4.69) is 6.92 Å². The lowest BCUT2D eigenvalue weighted by Crippen LogP contribution is -2.39. The summed E-state index contributed by atoms with van der Waals surface area (Å²) in [5, 5.41) is 0.628. The molecule has 2 N–H and O–H groups in total. The molecule has 0 spiro atoms. The minimum atomic E-state index is -0.0575. The summed E-state index contributed by atoms with van der Waals surface area (Å²) in [6, 6.07) is 3.47. The molecule has 0 aliphatic carbocycles. The largest absolute Gasteiger partial charge is 0.399 e. The number of rotatable bonds is 2. The number of hydrogen-bond donors (Lipinski definition) is 1. The molecule has 5 heteroatoms. The summed E-state index contributed by atoms with van der Waals surface area (Å²) in [6.45, 7) is 2.89. The van der Waals surface area contributed by atoms with Gasteiger partial charge in [0.2, 0.25) is 0 Å². The highest BCUT2D eigenvalue weighted by Gasteiger charge is 2.27. The van der Waals surface area contributed by atoms with Crippen LogP contribution in [-0.2, 0) is 0 Å². The molecule has 0 aromatic heterocycles. The molecule has 0 bridgehead atoms. The average molecular weight is 315 g/mol. The lowest BCUT2D eigenvalue weighted by Gasteiger charge is -2.29. The van der Waals surface area contributed by atoms with Crippen LogP contribution in [0.2, 0.25) is 10.0 Å². The van der Waals surface area contributed by atoms with E-state index in [9.17, 15) is 4.79 Å². The van der Waals surface area contributed by atoms with Crippen LogP contribution in [0.4, 0.5) is 5.69 Å². The first-order chi connectivity index (χ1) is 9.54. The monoisotopic (exact) mass is 314 g/mol. The Morgan fingerprint density at radius 2 is 2.10 bits per heavy atom. The van der Waals surface area contributed by atoms with Crippen molar-refractivity contribution in [1.82, 2.24) is 4.90 Å². The van der Waals surface area contributed by atoms with Gasteiger partial charge >= 0.3 is 0 Å². The Bertz CT molecular complexity index is 505. The third kappa shape index (κ3) is 3.21. The first-order valence-corrected chi connectivity index (χ1v) is 7.85. The number of likely N-dealkylation sites (tertiary alicyclic amines) is 1. The molecule has 3 nitrogen and oxygen atoms in total. The van der Waals surface area contributed by atoms with Gasteiger partial charge in [-0.1, -0.05) is 43.0 Å². The summed E-state index contributed by atoms with van der Waals surface area (Å²) < 4.78 is 0. The summed E-state index contributed by atoms with van der Waals surface area (Å²) in [5.74, 6) is -0.0575. The van der Waals surface area contributed by atoms with E-state index < -0.39 is 0 Å². The van der Waals surface area contributed by atoms with Crippen LogP contribution in [0.25, 0.3) is 0 Å². The molecule has 20 heavy (non-hydrogen) atoms. The molecule has 1 atom stereocenters. The lowest BCUT2D eigenvalue weighted by atomic mass is 10.1. The number of anilines is 1. The highest BCUT2D eigenvalue weighted by atomic mass is 35.5. The van der Waals surface area contributed by atoms with Gasteiger partial charge in [-0.25, -0.2) is 0 Å². The fraction of sp³-hybridized carbons (Fsp3) is 0.533. The Kier molecular flexibility index (Phi) is 5.17. The molecular formula is C15H20Cl2N2O. The van der Waals surface area contributed by atoms with Gasteiger partial charge in [0.15, 0.2) is 0 Å². The highest BCUT2D eigenvalue weighted by molar-refractivity contribution is 6.44. The van der Waals surface area contributed by atoms with E-state index >= 15 is 0 Å². The minimum absolute atomic E-state index is 0.0575. The normalized spacial score (nSPS) is 19.8. The summed E-state index contributed by atoms with van der Waals surface area (Å²) in [7, 11) is 0. The predicted octanol–water partition coefficient (Wildman–Crippen LogP) is 4.37. The fourth-order valence-corrected chi connectivity index (χ4v) is 3.21. The summed E-state index contributed by atoms with van der Waals surface area (Å²) in [4.78, 5) is 14.7. The van der Waals surface area contributed by atoms with Gasteiger partial charge in [-0.2, -0.15) is 0 Å². The maximum atomic E-state index is 12.8. The first kappa shape index (κ1) is 15.5. The van der Waals surface area contributed by atoms with Gasteiger partial charge in [0.1, 0.15) is 0 Å². The third-order valence-corrected chi connectivity index (χ3v) is 4.69. The Hall–Kier alpha value is -0.930. The first-order valence-electron chi connectivity index (χ1n) is 7.10. The van der Waals surface area contributed by atoms with Gasteiger partial charge in [0.25, 0.3) is 5.91 Å². The molecule has 1 saturated heterocycles. The van der Waals surface area contributed by atoms with Crippen molar-refractivity contribution in [2.45, 2.75) is 45.1 Å². The van der Waals surface area contributed by atoms with Crippen molar-refractivity contribution in [3.63, 3.8) is 0 Å². The number of hydrogen-bond acceptors (Lipinski definition) is 2. The number of nitrogen functional groups attached to an aromatic ring is 1. The summed E-state index contributed by atoms with van der Waals surface area (Å²) in [5.41, 5.74) is 6.66. The third-order valence-electron chi connectivity index (χ3n) is 3.89.